The van der Waals surface area contributed by atoms with E-state index in [1.807, 2.05) is 13.8 Å². The molecular weight excluding hydrogens is 270 g/mol. The quantitative estimate of drug-likeness (QED) is 0.835. The van der Waals surface area contributed by atoms with Crippen molar-refractivity contribution in [3.8, 4) is 0 Å². The summed E-state index contributed by atoms with van der Waals surface area (Å²) in [5, 5.41) is 7.03. The number of carbonyl (C=O) groups is 1. The molecule has 20 heavy (non-hydrogen) atoms. The molecule has 5 heteroatoms. The first-order valence-corrected chi connectivity index (χ1v) is 8.16. The van der Waals surface area contributed by atoms with Crippen molar-refractivity contribution < 1.29 is 4.79 Å². The third-order valence-corrected chi connectivity index (χ3v) is 4.53. The number of nitrogens with one attached hydrogen (secondary N) is 2. The minimum Gasteiger partial charge on any atom is -0.336 e. The first-order chi connectivity index (χ1) is 9.33. The highest BCUT2D eigenvalue weighted by Crippen LogP contribution is 2.27. The third-order valence-electron chi connectivity index (χ3n) is 3.35. The summed E-state index contributed by atoms with van der Waals surface area (Å²) < 4.78 is 0. The Balaban J connectivity index is 2.77. The van der Waals surface area contributed by atoms with Gasteiger partial charge >= 0.3 is 6.03 Å². The van der Waals surface area contributed by atoms with Gasteiger partial charge in [-0.15, -0.1) is 11.3 Å². The summed E-state index contributed by atoms with van der Waals surface area (Å²) in [7, 11) is 0. The van der Waals surface area contributed by atoms with E-state index in [0.29, 0.717) is 5.92 Å². The Labute approximate surface area is 126 Å². The van der Waals surface area contributed by atoms with Gasteiger partial charge in [-0.1, -0.05) is 20.8 Å². The normalized spacial score (nSPS) is 14.2. The number of hydrogen-bond acceptors (Lipinski definition) is 3. The lowest BCUT2D eigenvalue weighted by Crippen LogP contribution is -2.42. The van der Waals surface area contributed by atoms with Crippen LogP contribution in [-0.4, -0.2) is 17.1 Å². The third kappa shape index (κ3) is 5.12. The zero-order valence-electron chi connectivity index (χ0n) is 13.4. The first kappa shape index (κ1) is 17.0. The number of nitrogens with zero attached hydrogens (tertiary/aromatic N) is 1. The van der Waals surface area contributed by atoms with Crippen LogP contribution in [0.25, 0.3) is 0 Å². The number of amides is 2. The molecular formula is C15H27N3OS. The summed E-state index contributed by atoms with van der Waals surface area (Å²) in [4.78, 5) is 17.8. The fraction of sp³-hybridized carbons (Fsp3) is 0.733. The Bertz CT molecular complexity index is 423. The van der Waals surface area contributed by atoms with Crippen LogP contribution in [0.15, 0.2) is 0 Å². The Morgan fingerprint density at radius 3 is 2.35 bits per heavy atom. The number of thiazole rings is 1. The van der Waals surface area contributed by atoms with Crippen molar-refractivity contribution in [3.05, 3.63) is 15.6 Å². The van der Waals surface area contributed by atoms with Crippen molar-refractivity contribution in [1.29, 1.82) is 0 Å². The van der Waals surface area contributed by atoms with Crippen molar-refractivity contribution >= 4 is 17.4 Å². The maximum atomic E-state index is 12.0. The molecule has 0 spiro atoms. The minimum atomic E-state index is -0.101. The maximum Gasteiger partial charge on any atom is 0.315 e. The fourth-order valence-corrected chi connectivity index (χ4v) is 2.85. The number of urea groups is 1. The second-order valence-corrected chi connectivity index (χ2v) is 7.04. The molecule has 4 nitrogen and oxygen atoms in total. The summed E-state index contributed by atoms with van der Waals surface area (Å²) in [6, 6.07) is 0.0847. The van der Waals surface area contributed by atoms with Gasteiger partial charge in [0.2, 0.25) is 0 Å². The standard InChI is InChI=1S/C15H27N3OS/c1-7-10(4)16-15(19)18-13(8-9(2)3)14-17-11(5)12(6)20-14/h9-10,13H,7-8H2,1-6H3,(H2,16,18,19). The molecule has 2 atom stereocenters. The molecule has 2 N–H and O–H groups in total. The molecule has 0 radical (unpaired) electrons. The zero-order valence-corrected chi connectivity index (χ0v) is 14.2. The number of carbonyl (C=O) groups excluding carboxylic acids is 1. The summed E-state index contributed by atoms with van der Waals surface area (Å²) in [6.45, 7) is 12.5. The van der Waals surface area contributed by atoms with Gasteiger partial charge in [0.15, 0.2) is 0 Å². The van der Waals surface area contributed by atoms with E-state index < -0.39 is 0 Å². The van der Waals surface area contributed by atoms with Gasteiger partial charge < -0.3 is 10.6 Å². The van der Waals surface area contributed by atoms with Crippen LogP contribution in [0.3, 0.4) is 0 Å². The molecule has 2 amide bonds. The molecule has 1 aromatic rings. The van der Waals surface area contributed by atoms with Crippen molar-refractivity contribution in [2.75, 3.05) is 0 Å². The van der Waals surface area contributed by atoms with Gasteiger partial charge in [0.25, 0.3) is 0 Å². The molecule has 0 saturated carbocycles. The SMILES string of the molecule is CCC(C)NC(=O)NC(CC(C)C)c1nc(C)c(C)s1. The topological polar surface area (TPSA) is 54.0 Å². The number of rotatable bonds is 6. The second-order valence-electron chi connectivity index (χ2n) is 5.80. The molecule has 1 heterocycles. The molecule has 114 valence electrons. The predicted octanol–water partition coefficient (Wildman–Crippen LogP) is 3.94. The highest BCUT2D eigenvalue weighted by molar-refractivity contribution is 7.11. The van der Waals surface area contributed by atoms with Gasteiger partial charge in [0.1, 0.15) is 5.01 Å². The van der Waals surface area contributed by atoms with Crippen LogP contribution in [-0.2, 0) is 0 Å². The van der Waals surface area contributed by atoms with E-state index in [0.717, 1.165) is 23.5 Å². The summed E-state index contributed by atoms with van der Waals surface area (Å²) >= 11 is 1.68. The van der Waals surface area contributed by atoms with Gasteiger partial charge in [-0.3, -0.25) is 0 Å². The molecule has 0 aliphatic heterocycles. The van der Waals surface area contributed by atoms with Crippen LogP contribution < -0.4 is 10.6 Å². The van der Waals surface area contributed by atoms with E-state index in [-0.39, 0.29) is 18.1 Å². The van der Waals surface area contributed by atoms with E-state index in [9.17, 15) is 4.79 Å². The molecule has 0 aromatic carbocycles. The van der Waals surface area contributed by atoms with Gasteiger partial charge in [0.05, 0.1) is 11.7 Å². The Morgan fingerprint density at radius 1 is 1.25 bits per heavy atom. The van der Waals surface area contributed by atoms with Crippen molar-refractivity contribution in [2.45, 2.75) is 66.5 Å². The highest BCUT2D eigenvalue weighted by Gasteiger charge is 2.20. The second kappa shape index (κ2) is 7.62. The molecule has 0 aliphatic carbocycles. The summed E-state index contributed by atoms with van der Waals surface area (Å²) in [6.07, 6.45) is 1.83. The first-order valence-electron chi connectivity index (χ1n) is 7.34. The van der Waals surface area contributed by atoms with Crippen molar-refractivity contribution in [1.82, 2.24) is 15.6 Å². The molecule has 2 unspecified atom stereocenters. The van der Waals surface area contributed by atoms with E-state index in [2.05, 4.69) is 43.3 Å². The van der Waals surface area contributed by atoms with Crippen LogP contribution >= 0.6 is 11.3 Å². The zero-order chi connectivity index (χ0) is 15.3. The number of hydrogen-bond donors (Lipinski definition) is 2. The van der Waals surface area contributed by atoms with Crippen LogP contribution in [0.1, 0.15) is 62.2 Å². The Morgan fingerprint density at radius 2 is 1.90 bits per heavy atom. The average Bonchev–Trinajstić information content (AvgIpc) is 2.68. The Kier molecular flexibility index (Phi) is 6.46. The number of aryl methyl sites for hydroxylation is 2. The molecule has 0 bridgehead atoms. The monoisotopic (exact) mass is 297 g/mol. The van der Waals surface area contributed by atoms with Crippen LogP contribution in [0, 0.1) is 19.8 Å². The van der Waals surface area contributed by atoms with Gasteiger partial charge in [-0.2, -0.15) is 0 Å². The van der Waals surface area contributed by atoms with Crippen molar-refractivity contribution in [3.63, 3.8) is 0 Å². The van der Waals surface area contributed by atoms with E-state index >= 15 is 0 Å². The summed E-state index contributed by atoms with van der Waals surface area (Å²) in [5.41, 5.74) is 1.06. The molecule has 1 aromatic heterocycles. The fourth-order valence-electron chi connectivity index (χ4n) is 1.87. The van der Waals surface area contributed by atoms with Gasteiger partial charge in [-0.25, -0.2) is 9.78 Å². The van der Waals surface area contributed by atoms with Crippen molar-refractivity contribution in [2.24, 2.45) is 5.92 Å². The van der Waals surface area contributed by atoms with Crippen LogP contribution in [0.2, 0.25) is 0 Å². The largest absolute Gasteiger partial charge is 0.336 e. The summed E-state index contributed by atoms with van der Waals surface area (Å²) in [5.74, 6) is 0.508. The molecule has 0 saturated heterocycles. The molecule has 0 aliphatic rings. The lowest BCUT2D eigenvalue weighted by molar-refractivity contribution is 0.231. The van der Waals surface area contributed by atoms with E-state index in [1.54, 1.807) is 11.3 Å². The highest BCUT2D eigenvalue weighted by atomic mass is 32.1. The predicted molar refractivity (Wildman–Crippen MR) is 85.2 cm³/mol. The van der Waals surface area contributed by atoms with Crippen LogP contribution in [0.5, 0.6) is 0 Å². The van der Waals surface area contributed by atoms with Gasteiger partial charge in [-0.05, 0) is 39.5 Å². The lowest BCUT2D eigenvalue weighted by atomic mass is 10.0. The van der Waals surface area contributed by atoms with E-state index in [4.69, 9.17) is 0 Å². The Hall–Kier alpha value is -1.10. The maximum absolute atomic E-state index is 12.0. The van der Waals surface area contributed by atoms with Crippen LogP contribution in [0.4, 0.5) is 4.79 Å². The van der Waals surface area contributed by atoms with Gasteiger partial charge in [0, 0.05) is 10.9 Å². The minimum absolute atomic E-state index is 0.00328. The van der Waals surface area contributed by atoms with E-state index in [1.165, 1.54) is 4.88 Å². The lowest BCUT2D eigenvalue weighted by Gasteiger charge is -2.20. The smallest absolute Gasteiger partial charge is 0.315 e. The molecule has 1 rings (SSSR count). The molecule has 0 fully saturated rings. The average molecular weight is 297 g/mol. The number of aromatic nitrogens is 1.